The Kier molecular flexibility index (Phi) is 5.99. The number of hydrogen-bond donors (Lipinski definition) is 2. The van der Waals surface area contributed by atoms with Gasteiger partial charge in [0.25, 0.3) is 5.91 Å². The number of amides is 1. The standard InChI is InChI=1S/C35H29N3O6S/c1-17-27(34(41)45-22-10-9-18-7-5-6-8-19(18)11-22)28-30(36-17)24(39)14-26-35(28)15-21(35)16-38(26)33(40)23-12-20-13-25(42-2)31(43-3)32(44-4)29(20)37-23/h5-14,21,36-37H,15-16H2,1-4H3/t21-,35+/m1/s1. The number of H-pyrrole nitrogens is 2. The van der Waals surface area contributed by atoms with Gasteiger partial charge in [-0.05, 0) is 66.1 Å². The Bertz CT molecular complexity index is 2160. The molecule has 9 nitrogen and oxygen atoms in total. The van der Waals surface area contributed by atoms with Crippen LogP contribution in [0.1, 0.15) is 49.0 Å². The lowest BCUT2D eigenvalue weighted by molar-refractivity contribution is 0.0806. The molecule has 5 aromatic rings. The average molecular weight is 620 g/mol. The highest BCUT2D eigenvalue weighted by molar-refractivity contribution is 8.14. The molecule has 3 aliphatic rings. The molecule has 2 aliphatic carbocycles. The molecule has 3 aromatic carbocycles. The molecule has 0 bridgehead atoms. The van der Waals surface area contributed by atoms with Crippen LogP contribution in [-0.2, 0) is 5.41 Å². The Balaban J connectivity index is 1.15. The van der Waals surface area contributed by atoms with Crippen LogP contribution in [0.15, 0.2) is 71.3 Å². The van der Waals surface area contributed by atoms with E-state index in [1.807, 2.05) is 49.4 Å². The van der Waals surface area contributed by atoms with Crippen LogP contribution < -0.4 is 14.2 Å². The van der Waals surface area contributed by atoms with E-state index in [0.717, 1.165) is 44.8 Å². The van der Waals surface area contributed by atoms with E-state index in [1.54, 1.807) is 30.2 Å². The molecule has 1 aliphatic heterocycles. The highest BCUT2D eigenvalue weighted by atomic mass is 32.2. The van der Waals surface area contributed by atoms with Crippen LogP contribution in [0.25, 0.3) is 21.7 Å². The van der Waals surface area contributed by atoms with Crippen LogP contribution in [0.2, 0.25) is 0 Å². The van der Waals surface area contributed by atoms with E-state index in [0.29, 0.717) is 57.7 Å². The first-order valence-corrected chi connectivity index (χ1v) is 15.4. The van der Waals surface area contributed by atoms with Crippen molar-refractivity contribution >= 4 is 50.2 Å². The van der Waals surface area contributed by atoms with E-state index in [9.17, 15) is 14.4 Å². The first kappa shape index (κ1) is 27.6. The Hall–Kier alpha value is -4.96. The number of aromatic nitrogens is 2. The Morgan fingerprint density at radius 2 is 1.71 bits per heavy atom. The summed E-state index contributed by atoms with van der Waals surface area (Å²) >= 11 is 1.16. The predicted octanol–water partition coefficient (Wildman–Crippen LogP) is 6.41. The molecule has 1 saturated carbocycles. The van der Waals surface area contributed by atoms with Gasteiger partial charge in [-0.2, -0.15) is 0 Å². The zero-order valence-corrected chi connectivity index (χ0v) is 25.9. The van der Waals surface area contributed by atoms with Gasteiger partial charge in [-0.1, -0.05) is 30.3 Å². The van der Waals surface area contributed by atoms with Crippen molar-refractivity contribution in [3.63, 3.8) is 0 Å². The van der Waals surface area contributed by atoms with E-state index in [1.165, 1.54) is 14.2 Å². The number of nitrogens with zero attached hydrogens (tertiary/aromatic N) is 1. The number of nitrogens with one attached hydrogen (secondary N) is 2. The molecule has 1 saturated heterocycles. The summed E-state index contributed by atoms with van der Waals surface area (Å²) in [5.41, 5.74) is 3.43. The smallest absolute Gasteiger partial charge is 0.274 e. The molecule has 8 rings (SSSR count). The number of ether oxygens (including phenoxy) is 3. The Labute approximate surface area is 262 Å². The summed E-state index contributed by atoms with van der Waals surface area (Å²) in [5, 5.41) is 2.76. The quantitative estimate of drug-likeness (QED) is 0.211. The highest BCUT2D eigenvalue weighted by Gasteiger charge is 2.69. The zero-order valence-electron chi connectivity index (χ0n) is 25.1. The Morgan fingerprint density at radius 3 is 2.47 bits per heavy atom. The van der Waals surface area contributed by atoms with Crippen LogP contribution in [0, 0.1) is 12.8 Å². The number of allylic oxidation sites excluding steroid dienone is 2. The van der Waals surface area contributed by atoms with Crippen LogP contribution in [-0.4, -0.2) is 59.5 Å². The number of benzene rings is 3. The SMILES string of the molecule is COc1cc2cc(C(=O)N3C[C@H]4C[C@@]45C3=CC(=O)c3[nH]c(C)c(C(=O)Sc4ccc6ccccc6c4)c35)[nH]c2c(OC)c1OC. The second kappa shape index (κ2) is 9.77. The topological polar surface area (TPSA) is 114 Å². The van der Waals surface area contributed by atoms with Crippen LogP contribution in [0.5, 0.6) is 17.2 Å². The summed E-state index contributed by atoms with van der Waals surface area (Å²) in [6, 6.07) is 17.5. The molecule has 45 heavy (non-hydrogen) atoms. The largest absolute Gasteiger partial charge is 0.493 e. The summed E-state index contributed by atoms with van der Waals surface area (Å²) in [5.74, 6) is 0.942. The third-order valence-electron chi connectivity index (χ3n) is 9.44. The minimum absolute atomic E-state index is 0.103. The van der Waals surface area contributed by atoms with E-state index in [2.05, 4.69) is 9.97 Å². The average Bonchev–Trinajstić information content (AvgIpc) is 3.30. The van der Waals surface area contributed by atoms with Crippen molar-refractivity contribution < 1.29 is 28.6 Å². The summed E-state index contributed by atoms with van der Waals surface area (Å²) in [6.45, 7) is 2.29. The fraction of sp³-hybridized carbons (Fsp3) is 0.229. The predicted molar refractivity (Wildman–Crippen MR) is 171 cm³/mol. The number of aromatic amines is 2. The number of likely N-dealkylation sites (tertiary alicyclic amines) is 1. The zero-order chi connectivity index (χ0) is 31.2. The van der Waals surface area contributed by atoms with Gasteiger partial charge in [0.2, 0.25) is 16.6 Å². The van der Waals surface area contributed by atoms with Crippen molar-refractivity contribution in [3.8, 4) is 17.2 Å². The molecular formula is C35H29N3O6S. The minimum atomic E-state index is -0.561. The number of hydrogen-bond acceptors (Lipinski definition) is 7. The molecule has 3 heterocycles. The molecule has 2 aromatic heterocycles. The minimum Gasteiger partial charge on any atom is -0.493 e. The first-order valence-electron chi connectivity index (χ1n) is 14.6. The lowest BCUT2D eigenvalue weighted by Crippen LogP contribution is -2.34. The second-order valence-corrected chi connectivity index (χ2v) is 12.8. The number of rotatable bonds is 6. The van der Waals surface area contributed by atoms with Gasteiger partial charge >= 0.3 is 0 Å². The van der Waals surface area contributed by atoms with Gasteiger partial charge < -0.3 is 29.1 Å². The van der Waals surface area contributed by atoms with E-state index >= 15 is 0 Å². The number of piperidine rings is 1. The lowest BCUT2D eigenvalue weighted by atomic mass is 9.83. The molecule has 1 amide bonds. The van der Waals surface area contributed by atoms with Crippen molar-refractivity contribution in [2.75, 3.05) is 27.9 Å². The van der Waals surface area contributed by atoms with Crippen molar-refractivity contribution in [3.05, 3.63) is 94.6 Å². The number of aryl methyl sites for hydroxylation is 1. The monoisotopic (exact) mass is 619 g/mol. The van der Waals surface area contributed by atoms with E-state index in [-0.39, 0.29) is 22.7 Å². The summed E-state index contributed by atoms with van der Waals surface area (Å²) in [7, 11) is 4.60. The maximum absolute atomic E-state index is 14.1. The number of thioether (sulfide) groups is 1. The summed E-state index contributed by atoms with van der Waals surface area (Å²) in [4.78, 5) is 50.6. The van der Waals surface area contributed by atoms with Gasteiger partial charge in [-0.15, -0.1) is 0 Å². The van der Waals surface area contributed by atoms with Crippen molar-refractivity contribution in [2.45, 2.75) is 23.7 Å². The molecule has 10 heteroatoms. The van der Waals surface area contributed by atoms with E-state index in [4.69, 9.17) is 14.2 Å². The highest BCUT2D eigenvalue weighted by Crippen LogP contribution is 2.68. The van der Waals surface area contributed by atoms with Crippen molar-refractivity contribution in [2.24, 2.45) is 5.92 Å². The number of carbonyl (C=O) groups excluding carboxylic acids is 3. The van der Waals surface area contributed by atoms with Gasteiger partial charge in [0, 0.05) is 45.3 Å². The third kappa shape index (κ3) is 3.84. The molecule has 0 radical (unpaired) electrons. The maximum atomic E-state index is 14.1. The summed E-state index contributed by atoms with van der Waals surface area (Å²) in [6.07, 6.45) is 2.35. The van der Waals surface area contributed by atoms with Gasteiger partial charge in [0.05, 0.1) is 38.1 Å². The Morgan fingerprint density at radius 1 is 0.933 bits per heavy atom. The lowest BCUT2D eigenvalue weighted by Gasteiger charge is -2.28. The molecular weight excluding hydrogens is 590 g/mol. The molecule has 226 valence electrons. The third-order valence-corrected chi connectivity index (χ3v) is 10.3. The fourth-order valence-electron chi connectivity index (χ4n) is 7.36. The normalized spacial score (nSPS) is 19.6. The molecule has 1 spiro atoms. The van der Waals surface area contributed by atoms with Crippen LogP contribution in [0.3, 0.4) is 0 Å². The molecule has 2 atom stereocenters. The molecule has 2 fully saturated rings. The van der Waals surface area contributed by atoms with Gasteiger partial charge in [0.15, 0.2) is 11.5 Å². The second-order valence-electron chi connectivity index (χ2n) is 11.7. The maximum Gasteiger partial charge on any atom is 0.274 e. The van der Waals surface area contributed by atoms with Gasteiger partial charge in [-0.25, -0.2) is 0 Å². The first-order chi connectivity index (χ1) is 21.8. The van der Waals surface area contributed by atoms with E-state index < -0.39 is 5.41 Å². The number of methoxy groups -OCH3 is 3. The van der Waals surface area contributed by atoms with Gasteiger partial charge in [0.1, 0.15) is 5.69 Å². The molecule has 0 unspecified atom stereocenters. The number of carbonyl (C=O) groups is 3. The van der Waals surface area contributed by atoms with Crippen molar-refractivity contribution in [1.29, 1.82) is 0 Å². The van der Waals surface area contributed by atoms with Gasteiger partial charge in [-0.3, -0.25) is 14.4 Å². The van der Waals surface area contributed by atoms with Crippen LogP contribution >= 0.6 is 11.8 Å². The summed E-state index contributed by atoms with van der Waals surface area (Å²) < 4.78 is 16.6. The number of ketones is 1. The van der Waals surface area contributed by atoms with Crippen molar-refractivity contribution in [1.82, 2.24) is 14.9 Å². The van der Waals surface area contributed by atoms with Crippen LogP contribution in [0.4, 0.5) is 0 Å². The fourth-order valence-corrected chi connectivity index (χ4v) is 8.25. The molecule has 2 N–H and O–H groups in total. The number of fused-ring (bicyclic) bond motifs is 3.